The van der Waals surface area contributed by atoms with Crippen molar-refractivity contribution >= 4 is 5.97 Å². The first-order chi connectivity index (χ1) is 12.7. The minimum absolute atomic E-state index is 0.264. The lowest BCUT2D eigenvalue weighted by atomic mass is 9.77. The minimum Gasteiger partial charge on any atom is -0.367 e. The van der Waals surface area contributed by atoms with E-state index in [-0.39, 0.29) is 5.97 Å². The van der Waals surface area contributed by atoms with Gasteiger partial charge in [0.1, 0.15) is 5.54 Å². The van der Waals surface area contributed by atoms with Crippen molar-refractivity contribution in [1.82, 2.24) is 5.06 Å². The van der Waals surface area contributed by atoms with Crippen LogP contribution < -0.4 is 0 Å². The normalized spacial score (nSPS) is 11.3. The third-order valence-electron chi connectivity index (χ3n) is 4.57. The number of carbonyl (C=O) groups is 1. The Kier molecular flexibility index (Phi) is 5.49. The van der Waals surface area contributed by atoms with Gasteiger partial charge in [0, 0.05) is 13.5 Å². The molecular formula is C23H23NO2. The molecule has 0 spiro atoms. The Morgan fingerprint density at radius 3 is 1.42 bits per heavy atom. The molecule has 0 saturated carbocycles. The molecule has 0 radical (unpaired) electrons. The molecule has 0 heterocycles. The first kappa shape index (κ1) is 17.9. The van der Waals surface area contributed by atoms with Gasteiger partial charge in [-0.2, -0.15) is 0 Å². The predicted octanol–water partition coefficient (Wildman–Crippen LogP) is 4.78. The second-order valence-electron chi connectivity index (χ2n) is 6.12. The van der Waals surface area contributed by atoms with Gasteiger partial charge in [0.15, 0.2) is 0 Å². The second kappa shape index (κ2) is 7.98. The Hall–Kier alpha value is -2.91. The van der Waals surface area contributed by atoms with E-state index in [2.05, 4.69) is 36.4 Å². The number of carbonyl (C=O) groups excluding carboxylic acids is 1. The maximum atomic E-state index is 12.1. The average molecular weight is 345 g/mol. The van der Waals surface area contributed by atoms with Crippen molar-refractivity contribution in [2.45, 2.75) is 18.9 Å². The summed E-state index contributed by atoms with van der Waals surface area (Å²) in [5.41, 5.74) is 2.35. The molecular weight excluding hydrogens is 322 g/mol. The summed E-state index contributed by atoms with van der Waals surface area (Å²) in [5.74, 6) is -0.264. The molecule has 3 aromatic carbocycles. The summed E-state index contributed by atoms with van der Waals surface area (Å²) in [7, 11) is 1.82. The molecule has 0 aliphatic heterocycles. The van der Waals surface area contributed by atoms with Gasteiger partial charge in [0.2, 0.25) is 0 Å². The Morgan fingerprint density at radius 1 is 0.769 bits per heavy atom. The van der Waals surface area contributed by atoms with Gasteiger partial charge in [-0.05, 0) is 16.7 Å². The lowest BCUT2D eigenvalue weighted by Crippen LogP contribution is -2.46. The van der Waals surface area contributed by atoms with Gasteiger partial charge in [0.05, 0.1) is 0 Å². The van der Waals surface area contributed by atoms with E-state index in [1.807, 2.05) is 61.6 Å². The van der Waals surface area contributed by atoms with Gasteiger partial charge in [-0.15, -0.1) is 5.06 Å². The van der Waals surface area contributed by atoms with Crippen LogP contribution in [0.5, 0.6) is 0 Å². The third kappa shape index (κ3) is 3.26. The summed E-state index contributed by atoms with van der Waals surface area (Å²) in [5, 5.41) is 1.68. The molecule has 0 unspecified atom stereocenters. The lowest BCUT2D eigenvalue weighted by molar-refractivity contribution is -0.202. The Morgan fingerprint density at radius 2 is 1.12 bits per heavy atom. The highest BCUT2D eigenvalue weighted by molar-refractivity contribution is 5.68. The highest BCUT2D eigenvalue weighted by atomic mass is 16.7. The molecule has 3 heteroatoms. The van der Waals surface area contributed by atoms with Gasteiger partial charge in [0.25, 0.3) is 0 Å². The maximum absolute atomic E-state index is 12.1. The summed E-state index contributed by atoms with van der Waals surface area (Å²) in [6, 6.07) is 30.4. The fraction of sp³-hybridized carbons (Fsp3) is 0.174. The Bertz CT molecular complexity index is 735. The minimum atomic E-state index is -0.741. The van der Waals surface area contributed by atoms with E-state index in [4.69, 9.17) is 4.84 Å². The molecule has 0 amide bonds. The average Bonchev–Trinajstić information content (AvgIpc) is 2.71. The van der Waals surface area contributed by atoms with Crippen LogP contribution in [0, 0.1) is 0 Å². The fourth-order valence-electron chi connectivity index (χ4n) is 3.37. The molecule has 3 rings (SSSR count). The smallest absolute Gasteiger partial charge is 0.324 e. The van der Waals surface area contributed by atoms with Crippen molar-refractivity contribution in [3.63, 3.8) is 0 Å². The molecule has 3 nitrogen and oxygen atoms in total. The zero-order valence-electron chi connectivity index (χ0n) is 15.1. The van der Waals surface area contributed by atoms with Crippen LogP contribution in [0.2, 0.25) is 0 Å². The summed E-state index contributed by atoms with van der Waals surface area (Å²) >= 11 is 0. The van der Waals surface area contributed by atoms with Crippen LogP contribution in [0.4, 0.5) is 0 Å². The van der Waals surface area contributed by atoms with Crippen LogP contribution in [-0.2, 0) is 15.2 Å². The first-order valence-corrected chi connectivity index (χ1v) is 8.80. The predicted molar refractivity (Wildman–Crippen MR) is 103 cm³/mol. The zero-order chi connectivity index (χ0) is 18.4. The zero-order valence-corrected chi connectivity index (χ0v) is 15.1. The number of hydrogen-bond donors (Lipinski definition) is 0. The number of benzene rings is 3. The third-order valence-corrected chi connectivity index (χ3v) is 4.57. The Balaban J connectivity index is 2.30. The molecule has 0 aliphatic carbocycles. The first-order valence-electron chi connectivity index (χ1n) is 8.80. The molecule has 0 fully saturated rings. The van der Waals surface area contributed by atoms with Crippen molar-refractivity contribution < 1.29 is 9.63 Å². The van der Waals surface area contributed by atoms with Crippen LogP contribution >= 0.6 is 0 Å². The van der Waals surface area contributed by atoms with Gasteiger partial charge in [-0.3, -0.25) is 4.79 Å². The van der Waals surface area contributed by atoms with Crippen LogP contribution in [0.25, 0.3) is 0 Å². The van der Waals surface area contributed by atoms with Crippen molar-refractivity contribution in [3.8, 4) is 0 Å². The number of nitrogens with zero attached hydrogens (tertiary/aromatic N) is 1. The standard InChI is InChI=1S/C23H23NO2/c1-3-22(25)26-24(2)23(19-13-7-4-8-14-19,20-15-9-5-10-16-20)21-17-11-6-12-18-21/h4-18H,3H2,1-2H3. The van der Waals surface area contributed by atoms with Gasteiger partial charge in [-0.25, -0.2) is 0 Å². The second-order valence-corrected chi connectivity index (χ2v) is 6.12. The Labute approximate surface area is 154 Å². The topological polar surface area (TPSA) is 29.5 Å². The van der Waals surface area contributed by atoms with Crippen LogP contribution in [0.1, 0.15) is 30.0 Å². The van der Waals surface area contributed by atoms with E-state index in [1.165, 1.54) is 0 Å². The summed E-state index contributed by atoms with van der Waals surface area (Å²) in [4.78, 5) is 17.8. The molecule has 3 aromatic rings. The van der Waals surface area contributed by atoms with Crippen molar-refractivity contribution in [2.24, 2.45) is 0 Å². The lowest BCUT2D eigenvalue weighted by Gasteiger charge is -2.41. The van der Waals surface area contributed by atoms with E-state index >= 15 is 0 Å². The van der Waals surface area contributed by atoms with Crippen LogP contribution in [-0.4, -0.2) is 18.1 Å². The van der Waals surface area contributed by atoms with Gasteiger partial charge >= 0.3 is 5.97 Å². The SMILES string of the molecule is CCC(=O)ON(C)C(c1ccccc1)(c1ccccc1)c1ccccc1. The number of hydrogen-bond acceptors (Lipinski definition) is 3. The molecule has 0 bridgehead atoms. The van der Waals surface area contributed by atoms with Crippen LogP contribution in [0.3, 0.4) is 0 Å². The van der Waals surface area contributed by atoms with E-state index in [9.17, 15) is 4.79 Å². The van der Waals surface area contributed by atoms with Gasteiger partial charge in [-0.1, -0.05) is 97.9 Å². The molecule has 26 heavy (non-hydrogen) atoms. The number of hydroxylamine groups is 2. The van der Waals surface area contributed by atoms with Crippen molar-refractivity contribution in [3.05, 3.63) is 108 Å². The molecule has 0 N–H and O–H groups in total. The van der Waals surface area contributed by atoms with Gasteiger partial charge < -0.3 is 4.84 Å². The summed E-state index contributed by atoms with van der Waals surface area (Å²) in [6.07, 6.45) is 0.318. The van der Waals surface area contributed by atoms with E-state index in [0.29, 0.717) is 6.42 Å². The molecule has 0 atom stereocenters. The molecule has 0 aromatic heterocycles. The highest BCUT2D eigenvalue weighted by Gasteiger charge is 2.42. The summed E-state index contributed by atoms with van der Waals surface area (Å²) in [6.45, 7) is 1.80. The fourth-order valence-corrected chi connectivity index (χ4v) is 3.37. The van der Waals surface area contributed by atoms with E-state index in [1.54, 1.807) is 12.0 Å². The van der Waals surface area contributed by atoms with Crippen molar-refractivity contribution in [2.75, 3.05) is 7.05 Å². The maximum Gasteiger partial charge on any atom is 0.324 e. The van der Waals surface area contributed by atoms with Crippen LogP contribution in [0.15, 0.2) is 91.0 Å². The number of rotatable bonds is 6. The quantitative estimate of drug-likeness (QED) is 0.476. The monoisotopic (exact) mass is 345 g/mol. The van der Waals surface area contributed by atoms with E-state index < -0.39 is 5.54 Å². The molecule has 0 aliphatic rings. The summed E-state index contributed by atoms with van der Waals surface area (Å²) < 4.78 is 0. The largest absolute Gasteiger partial charge is 0.367 e. The molecule has 132 valence electrons. The van der Waals surface area contributed by atoms with E-state index in [0.717, 1.165) is 16.7 Å². The molecule has 0 saturated heterocycles. The van der Waals surface area contributed by atoms with Crippen molar-refractivity contribution in [1.29, 1.82) is 0 Å². The highest BCUT2D eigenvalue weighted by Crippen LogP contribution is 2.41.